The van der Waals surface area contributed by atoms with Crippen molar-refractivity contribution in [2.45, 2.75) is 0 Å². The van der Waals surface area contributed by atoms with Crippen LogP contribution in [0.4, 0.5) is 4.79 Å². The van der Waals surface area contributed by atoms with E-state index in [0.717, 1.165) is 0 Å². The maximum Gasteiger partial charge on any atom is 0.324 e. The lowest BCUT2D eigenvalue weighted by molar-refractivity contribution is 0.239. The predicted octanol–water partition coefficient (Wildman–Crippen LogP) is -0.388. The molecule has 1 rings (SSSR count). The number of amides is 2. The van der Waals surface area contributed by atoms with Crippen LogP contribution >= 0.6 is 0 Å². The third kappa shape index (κ3) is 2.63. The molecule has 0 aromatic heterocycles. The van der Waals surface area contributed by atoms with Gasteiger partial charge in [0, 0.05) is 12.4 Å². The second-order valence-electron chi connectivity index (χ2n) is 1.69. The lowest BCUT2D eigenvalue weighted by Gasteiger charge is -2.05. The Bertz CT molecular complexity index is 204. The minimum atomic E-state index is -0.538. The Labute approximate surface area is 63.8 Å². The third-order valence-corrected chi connectivity index (χ3v) is 0.975. The van der Waals surface area contributed by atoms with Crippen molar-refractivity contribution in [3.63, 3.8) is 0 Å². The highest BCUT2D eigenvalue weighted by molar-refractivity contribution is 5.86. The molecular weight excluding hydrogens is 146 g/mol. The van der Waals surface area contributed by atoms with Gasteiger partial charge in [-0.25, -0.2) is 9.79 Å². The highest BCUT2D eigenvalue weighted by Gasteiger charge is 2.00. The number of carbonyl (C=O) groups excluding carboxylic acids is 1. The molecule has 1 aliphatic heterocycles. The number of hydrogen-bond acceptors (Lipinski definition) is 2. The fourth-order valence-corrected chi connectivity index (χ4v) is 0.521. The molecule has 0 saturated carbocycles. The van der Waals surface area contributed by atoms with Gasteiger partial charge in [0.2, 0.25) is 0 Å². The molecule has 1 aliphatic rings. The first-order chi connectivity index (χ1) is 4.80. The number of allylic oxidation sites excluding steroid dienone is 2. The highest BCUT2D eigenvalue weighted by Crippen LogP contribution is 1.91. The number of nitrogens with zero attached hydrogens (tertiary/aromatic N) is 2. The normalized spacial score (nSPS) is 14.0. The minimum absolute atomic E-state index is 0. The Balaban J connectivity index is 0.000001000. The van der Waals surface area contributed by atoms with E-state index < -0.39 is 6.03 Å². The van der Waals surface area contributed by atoms with E-state index in [0.29, 0.717) is 0 Å². The van der Waals surface area contributed by atoms with Gasteiger partial charge in [0.05, 0.1) is 0 Å². The number of aliphatic imine (C=N–C) groups is 1. The number of nitrogens with two attached hydrogens (primary N) is 1. The second-order valence-corrected chi connectivity index (χ2v) is 1.69. The summed E-state index contributed by atoms with van der Waals surface area (Å²) in [5.74, 6) is 0. The average Bonchev–Trinajstić information content (AvgIpc) is 2.12. The van der Waals surface area contributed by atoms with Gasteiger partial charge in [-0.2, -0.15) is 0 Å². The van der Waals surface area contributed by atoms with Crippen molar-refractivity contribution in [1.29, 1.82) is 0 Å². The first kappa shape index (κ1) is 9.38. The van der Waals surface area contributed by atoms with Crippen molar-refractivity contribution in [3.05, 3.63) is 24.6 Å². The fraction of sp³-hybridized carbons (Fsp3) is 0. The molecule has 0 atom stereocenters. The molecular formula is C6H9N3O2. The topological polar surface area (TPSA) is 90.2 Å². The zero-order valence-corrected chi connectivity index (χ0v) is 5.77. The summed E-state index contributed by atoms with van der Waals surface area (Å²) in [6.07, 6.45) is 7.84. The molecule has 0 radical (unpaired) electrons. The first-order valence-electron chi connectivity index (χ1n) is 2.75. The Hall–Kier alpha value is -1.62. The summed E-state index contributed by atoms with van der Waals surface area (Å²) in [7, 11) is 0. The number of urea groups is 1. The van der Waals surface area contributed by atoms with Crippen molar-refractivity contribution >= 4 is 12.4 Å². The number of hydrogen-bond donors (Lipinski definition) is 1. The maximum absolute atomic E-state index is 10.5. The summed E-state index contributed by atoms with van der Waals surface area (Å²) < 4.78 is 0. The third-order valence-electron chi connectivity index (χ3n) is 0.975. The van der Waals surface area contributed by atoms with Crippen molar-refractivity contribution in [1.82, 2.24) is 4.90 Å². The summed E-state index contributed by atoms with van der Waals surface area (Å²) >= 11 is 0. The van der Waals surface area contributed by atoms with E-state index in [1.807, 2.05) is 0 Å². The van der Waals surface area contributed by atoms with E-state index in [1.165, 1.54) is 17.4 Å². The summed E-state index contributed by atoms with van der Waals surface area (Å²) in [6, 6.07) is -0.538. The van der Waals surface area contributed by atoms with Crippen molar-refractivity contribution < 1.29 is 10.3 Å². The van der Waals surface area contributed by atoms with E-state index in [1.54, 1.807) is 18.4 Å². The van der Waals surface area contributed by atoms with Gasteiger partial charge in [0.25, 0.3) is 0 Å². The first-order valence-corrected chi connectivity index (χ1v) is 2.75. The Morgan fingerprint density at radius 2 is 2.18 bits per heavy atom. The van der Waals surface area contributed by atoms with E-state index in [2.05, 4.69) is 4.99 Å². The van der Waals surface area contributed by atoms with Crippen LogP contribution in [0.15, 0.2) is 29.5 Å². The molecule has 0 unspecified atom stereocenters. The van der Waals surface area contributed by atoms with E-state index >= 15 is 0 Å². The molecule has 5 nitrogen and oxygen atoms in total. The van der Waals surface area contributed by atoms with Crippen molar-refractivity contribution in [2.24, 2.45) is 10.7 Å². The standard InChI is InChI=1S/C6H7N3O.H2O/c7-6(10)9-4-2-1-3-8-5-9;/h1-5H,(H2,7,10);1H2. The van der Waals surface area contributed by atoms with Crippen LogP contribution in [0, 0.1) is 0 Å². The smallest absolute Gasteiger partial charge is 0.324 e. The van der Waals surface area contributed by atoms with Gasteiger partial charge in [-0.15, -0.1) is 0 Å². The average molecular weight is 155 g/mol. The Morgan fingerprint density at radius 3 is 2.82 bits per heavy atom. The lowest BCUT2D eigenvalue weighted by Crippen LogP contribution is -2.29. The SMILES string of the molecule is NC(=O)N1C=CC=CN=C1.O. The molecule has 0 aliphatic carbocycles. The van der Waals surface area contributed by atoms with Gasteiger partial charge in [-0.1, -0.05) is 0 Å². The largest absolute Gasteiger partial charge is 0.412 e. The summed E-state index contributed by atoms with van der Waals surface area (Å²) in [6.45, 7) is 0. The number of carbonyl (C=O) groups is 1. The van der Waals surface area contributed by atoms with Crippen LogP contribution in [0.1, 0.15) is 0 Å². The highest BCUT2D eigenvalue weighted by atomic mass is 16.2. The summed E-state index contributed by atoms with van der Waals surface area (Å²) in [5, 5.41) is 0. The zero-order valence-electron chi connectivity index (χ0n) is 5.77. The zero-order chi connectivity index (χ0) is 7.40. The maximum atomic E-state index is 10.5. The minimum Gasteiger partial charge on any atom is -0.412 e. The molecule has 0 aromatic carbocycles. The molecule has 5 heteroatoms. The van der Waals surface area contributed by atoms with Crippen LogP contribution in [0.3, 0.4) is 0 Å². The summed E-state index contributed by atoms with van der Waals surface area (Å²) in [5.41, 5.74) is 4.95. The second kappa shape index (κ2) is 4.24. The van der Waals surface area contributed by atoms with E-state index in [4.69, 9.17) is 5.73 Å². The molecule has 2 amide bonds. The van der Waals surface area contributed by atoms with Gasteiger partial charge >= 0.3 is 6.03 Å². The van der Waals surface area contributed by atoms with Crippen molar-refractivity contribution in [2.75, 3.05) is 0 Å². The molecule has 60 valence electrons. The fourth-order valence-electron chi connectivity index (χ4n) is 0.521. The number of rotatable bonds is 0. The Morgan fingerprint density at radius 1 is 1.45 bits per heavy atom. The molecule has 11 heavy (non-hydrogen) atoms. The van der Waals surface area contributed by atoms with E-state index in [9.17, 15) is 4.79 Å². The summed E-state index contributed by atoms with van der Waals surface area (Å²) in [4.78, 5) is 15.4. The van der Waals surface area contributed by atoms with Crippen LogP contribution in [0.25, 0.3) is 0 Å². The van der Waals surface area contributed by atoms with Gasteiger partial charge in [0.1, 0.15) is 6.34 Å². The molecule has 1 heterocycles. The molecule has 0 aromatic rings. The Kier molecular flexibility index (Phi) is 3.61. The molecule has 0 fully saturated rings. The molecule has 0 spiro atoms. The van der Waals surface area contributed by atoms with Gasteiger partial charge < -0.3 is 11.2 Å². The predicted molar refractivity (Wildman–Crippen MR) is 41.8 cm³/mol. The van der Waals surface area contributed by atoms with Crippen molar-refractivity contribution in [3.8, 4) is 0 Å². The van der Waals surface area contributed by atoms with Crippen LogP contribution in [-0.2, 0) is 0 Å². The van der Waals surface area contributed by atoms with Crippen LogP contribution in [-0.4, -0.2) is 22.7 Å². The number of primary amides is 1. The van der Waals surface area contributed by atoms with Crippen LogP contribution in [0.2, 0.25) is 0 Å². The van der Waals surface area contributed by atoms with Gasteiger partial charge in [0.15, 0.2) is 0 Å². The van der Waals surface area contributed by atoms with Gasteiger partial charge in [-0.3, -0.25) is 4.90 Å². The lowest BCUT2D eigenvalue weighted by atomic mass is 10.5. The molecule has 0 saturated heterocycles. The van der Waals surface area contributed by atoms with E-state index in [-0.39, 0.29) is 5.48 Å². The molecule has 0 bridgehead atoms. The van der Waals surface area contributed by atoms with Crippen LogP contribution < -0.4 is 5.73 Å². The quantitative estimate of drug-likeness (QED) is 0.507. The molecule has 4 N–H and O–H groups in total. The van der Waals surface area contributed by atoms with Gasteiger partial charge in [-0.05, 0) is 12.2 Å². The van der Waals surface area contributed by atoms with Crippen LogP contribution in [0.5, 0.6) is 0 Å². The monoisotopic (exact) mass is 155 g/mol.